The molecule has 0 saturated carbocycles. The van der Waals surface area contributed by atoms with Crippen LogP contribution in [-0.4, -0.2) is 50.5 Å². The number of carbonyl (C=O) groups excluding carboxylic acids is 1. The van der Waals surface area contributed by atoms with E-state index in [9.17, 15) is 4.79 Å². The van der Waals surface area contributed by atoms with Crippen molar-refractivity contribution in [1.29, 1.82) is 0 Å². The average molecular weight is 454 g/mol. The van der Waals surface area contributed by atoms with E-state index in [2.05, 4.69) is 20.6 Å². The van der Waals surface area contributed by atoms with Crippen LogP contribution in [0.5, 0.6) is 11.6 Å². The maximum Gasteiger partial charge on any atom is 0.251 e. The highest BCUT2D eigenvalue weighted by Gasteiger charge is 2.12. The lowest BCUT2D eigenvalue weighted by molar-refractivity contribution is 0.0946. The highest BCUT2D eigenvalue weighted by molar-refractivity contribution is 5.94. The molecule has 9 heteroatoms. The molecule has 170 valence electrons. The third kappa shape index (κ3) is 4.44. The molecule has 0 spiro atoms. The fourth-order valence-electron chi connectivity index (χ4n) is 3.51. The molecule has 0 atom stereocenters. The molecule has 0 radical (unpaired) electrons. The first kappa shape index (κ1) is 21.2. The first-order valence-electron chi connectivity index (χ1n) is 10.7. The molecule has 0 aliphatic carbocycles. The molecule has 0 fully saturated rings. The first-order chi connectivity index (χ1) is 16.7. The van der Waals surface area contributed by atoms with E-state index in [1.165, 1.54) is 0 Å². The van der Waals surface area contributed by atoms with Crippen LogP contribution < -0.4 is 14.8 Å². The number of ether oxygens (including phenoxy) is 2. The summed E-state index contributed by atoms with van der Waals surface area (Å²) in [5.74, 6) is 1.54. The van der Waals surface area contributed by atoms with Gasteiger partial charge in [-0.3, -0.25) is 4.79 Å². The number of nitrogens with one attached hydrogen (secondary N) is 1. The van der Waals surface area contributed by atoms with E-state index < -0.39 is 0 Å². The van der Waals surface area contributed by atoms with Crippen molar-refractivity contribution < 1.29 is 14.3 Å². The molecule has 0 saturated heterocycles. The molecule has 5 aromatic rings. The molecule has 0 aliphatic heterocycles. The molecule has 0 unspecified atom stereocenters. The number of hydrogen-bond donors (Lipinski definition) is 1. The van der Waals surface area contributed by atoms with Gasteiger partial charge in [0, 0.05) is 35.3 Å². The van der Waals surface area contributed by atoms with Crippen molar-refractivity contribution in [2.45, 2.75) is 0 Å². The topological polar surface area (TPSA) is 95.6 Å². The van der Waals surface area contributed by atoms with Gasteiger partial charge in [-0.1, -0.05) is 12.1 Å². The van der Waals surface area contributed by atoms with Crippen LogP contribution in [0.25, 0.3) is 22.7 Å². The van der Waals surface area contributed by atoms with E-state index in [0.717, 1.165) is 17.0 Å². The lowest BCUT2D eigenvalue weighted by atomic mass is 10.2. The van der Waals surface area contributed by atoms with Gasteiger partial charge in [-0.2, -0.15) is 4.52 Å². The van der Waals surface area contributed by atoms with Crippen LogP contribution in [0.2, 0.25) is 0 Å². The molecule has 3 aromatic heterocycles. The zero-order chi connectivity index (χ0) is 23.3. The molecule has 5 rings (SSSR count). The smallest absolute Gasteiger partial charge is 0.251 e. The van der Waals surface area contributed by atoms with Crippen molar-refractivity contribution in [3.05, 3.63) is 90.8 Å². The van der Waals surface area contributed by atoms with Gasteiger partial charge in [-0.05, 0) is 54.6 Å². The van der Waals surface area contributed by atoms with Crippen molar-refractivity contribution in [2.24, 2.45) is 0 Å². The van der Waals surface area contributed by atoms with Crippen molar-refractivity contribution in [1.82, 2.24) is 29.7 Å². The second kappa shape index (κ2) is 9.45. The molecule has 1 amide bonds. The Morgan fingerprint density at radius 2 is 1.79 bits per heavy atom. The number of methoxy groups -OCH3 is 1. The van der Waals surface area contributed by atoms with Crippen molar-refractivity contribution in [2.75, 3.05) is 20.3 Å². The van der Waals surface area contributed by atoms with E-state index in [-0.39, 0.29) is 12.5 Å². The fourth-order valence-corrected chi connectivity index (χ4v) is 3.51. The maximum atomic E-state index is 12.4. The van der Waals surface area contributed by atoms with E-state index in [1.54, 1.807) is 35.9 Å². The van der Waals surface area contributed by atoms with Crippen molar-refractivity contribution >= 4 is 11.6 Å². The minimum absolute atomic E-state index is 0.162. The Morgan fingerprint density at radius 1 is 0.971 bits per heavy atom. The molecular formula is C25H22N6O3. The summed E-state index contributed by atoms with van der Waals surface area (Å²) in [4.78, 5) is 12.4. The second-order valence-corrected chi connectivity index (χ2v) is 7.44. The third-order valence-corrected chi connectivity index (χ3v) is 5.24. The van der Waals surface area contributed by atoms with Gasteiger partial charge in [0.2, 0.25) is 5.88 Å². The Hall–Kier alpha value is -4.66. The van der Waals surface area contributed by atoms with E-state index >= 15 is 0 Å². The van der Waals surface area contributed by atoms with Crippen LogP contribution in [0.3, 0.4) is 0 Å². The number of benzene rings is 2. The molecule has 3 heterocycles. The van der Waals surface area contributed by atoms with Crippen LogP contribution in [0, 0.1) is 0 Å². The highest BCUT2D eigenvalue weighted by atomic mass is 16.5. The maximum absolute atomic E-state index is 12.4. The average Bonchev–Trinajstić information content (AvgIpc) is 3.57. The van der Waals surface area contributed by atoms with E-state index in [4.69, 9.17) is 9.47 Å². The predicted octanol–water partition coefficient (Wildman–Crippen LogP) is 3.40. The molecular weight excluding hydrogens is 432 g/mol. The second-order valence-electron chi connectivity index (χ2n) is 7.44. The lowest BCUT2D eigenvalue weighted by Gasteiger charge is -2.09. The Labute approximate surface area is 195 Å². The van der Waals surface area contributed by atoms with Crippen molar-refractivity contribution in [3.63, 3.8) is 0 Å². The molecule has 2 aromatic carbocycles. The number of nitrogens with zero attached hydrogens (tertiary/aromatic N) is 5. The largest absolute Gasteiger partial charge is 0.497 e. The summed E-state index contributed by atoms with van der Waals surface area (Å²) in [5.41, 5.74) is 3.00. The number of carbonyl (C=O) groups is 1. The molecule has 0 bridgehead atoms. The van der Waals surface area contributed by atoms with Gasteiger partial charge in [0.1, 0.15) is 12.4 Å². The SMILES string of the molecule is COc1cccc(-c2nnc3ccc(OCCNC(=O)c4ccc(-n5cccc5)cc4)nn23)c1. The third-order valence-electron chi connectivity index (χ3n) is 5.24. The number of rotatable bonds is 8. The van der Waals surface area contributed by atoms with Crippen LogP contribution in [0.15, 0.2) is 85.2 Å². The zero-order valence-corrected chi connectivity index (χ0v) is 18.5. The van der Waals surface area contributed by atoms with Gasteiger partial charge in [0.15, 0.2) is 11.5 Å². The van der Waals surface area contributed by atoms with Crippen LogP contribution >= 0.6 is 0 Å². The van der Waals surface area contributed by atoms with Crippen molar-refractivity contribution in [3.8, 4) is 28.7 Å². The van der Waals surface area contributed by atoms with E-state index in [1.807, 2.05) is 65.5 Å². The minimum Gasteiger partial charge on any atom is -0.497 e. The quantitative estimate of drug-likeness (QED) is 0.361. The molecule has 0 aliphatic rings. The van der Waals surface area contributed by atoms with Gasteiger partial charge in [-0.25, -0.2) is 0 Å². The molecule has 9 nitrogen and oxygen atoms in total. The van der Waals surface area contributed by atoms with Gasteiger partial charge < -0.3 is 19.4 Å². The fraction of sp³-hybridized carbons (Fsp3) is 0.120. The van der Waals surface area contributed by atoms with Gasteiger partial charge in [0.25, 0.3) is 5.91 Å². The summed E-state index contributed by atoms with van der Waals surface area (Å²) in [6.45, 7) is 0.602. The Bertz CT molecular complexity index is 1410. The van der Waals surface area contributed by atoms with Gasteiger partial charge in [0.05, 0.1) is 13.7 Å². The van der Waals surface area contributed by atoms with Gasteiger partial charge >= 0.3 is 0 Å². The number of hydrogen-bond acceptors (Lipinski definition) is 6. The van der Waals surface area contributed by atoms with Crippen LogP contribution in [0.1, 0.15) is 10.4 Å². The number of fused-ring (bicyclic) bond motifs is 1. The summed E-state index contributed by atoms with van der Waals surface area (Å²) < 4.78 is 14.6. The highest BCUT2D eigenvalue weighted by Crippen LogP contribution is 2.23. The van der Waals surface area contributed by atoms with E-state index in [0.29, 0.717) is 29.5 Å². The number of aromatic nitrogens is 5. The summed E-state index contributed by atoms with van der Waals surface area (Å²) in [6.07, 6.45) is 3.91. The Balaban J connectivity index is 1.19. The first-order valence-corrected chi connectivity index (χ1v) is 10.7. The summed E-state index contributed by atoms with van der Waals surface area (Å²) in [5, 5.41) is 15.8. The number of amides is 1. The van der Waals surface area contributed by atoms with Crippen LogP contribution in [0.4, 0.5) is 0 Å². The predicted molar refractivity (Wildman–Crippen MR) is 126 cm³/mol. The Kier molecular flexibility index (Phi) is 5.89. The molecule has 34 heavy (non-hydrogen) atoms. The molecule has 1 N–H and O–H groups in total. The zero-order valence-electron chi connectivity index (χ0n) is 18.5. The summed E-state index contributed by atoms with van der Waals surface area (Å²) >= 11 is 0. The summed E-state index contributed by atoms with van der Waals surface area (Å²) in [6, 6.07) is 22.3. The monoisotopic (exact) mass is 454 g/mol. The summed E-state index contributed by atoms with van der Waals surface area (Å²) in [7, 11) is 1.61. The Morgan fingerprint density at radius 3 is 2.59 bits per heavy atom. The van der Waals surface area contributed by atoms with Gasteiger partial charge in [-0.15, -0.1) is 15.3 Å². The van der Waals surface area contributed by atoms with Crippen LogP contribution in [-0.2, 0) is 0 Å². The minimum atomic E-state index is -0.162. The lowest BCUT2D eigenvalue weighted by Crippen LogP contribution is -2.28. The normalized spacial score (nSPS) is 10.9. The standard InChI is InChI=1S/C25H22N6O3/c1-33-21-6-4-5-19(17-21)24-28-27-22-11-12-23(29-31(22)24)34-16-13-26-25(32)18-7-9-20(10-8-18)30-14-2-3-15-30/h2-12,14-15,17H,13,16H2,1H3,(H,26,32).